The van der Waals surface area contributed by atoms with E-state index in [2.05, 4.69) is 63.4 Å². The Morgan fingerprint density at radius 1 is 1.18 bits per heavy atom. The summed E-state index contributed by atoms with van der Waals surface area (Å²) in [5, 5.41) is 3.05. The van der Waals surface area contributed by atoms with E-state index in [0.717, 1.165) is 6.42 Å². The normalized spacial score (nSPS) is 15.8. The molecule has 0 aliphatic carbocycles. The van der Waals surface area contributed by atoms with Gasteiger partial charge in [0.25, 0.3) is 0 Å². The molecule has 1 heteroatoms. The molecular formula is C16H27N. The van der Waals surface area contributed by atoms with Gasteiger partial charge in [0.05, 0.1) is 0 Å². The topological polar surface area (TPSA) is 12.0 Å². The molecule has 0 saturated carbocycles. The first-order chi connectivity index (χ1) is 8.19. The zero-order valence-corrected chi connectivity index (χ0v) is 12.0. The molecule has 1 unspecified atom stereocenters. The quantitative estimate of drug-likeness (QED) is 0.633. The van der Waals surface area contributed by atoms with Gasteiger partial charge in [0.2, 0.25) is 0 Å². The van der Waals surface area contributed by atoms with E-state index in [1.54, 1.807) is 0 Å². The van der Waals surface area contributed by atoms with E-state index in [-0.39, 0.29) is 0 Å². The fourth-order valence-corrected chi connectivity index (χ4v) is 1.53. The van der Waals surface area contributed by atoms with Crippen LogP contribution >= 0.6 is 0 Å². The number of hydrogen-bond donors (Lipinski definition) is 1. The summed E-state index contributed by atoms with van der Waals surface area (Å²) in [5.74, 6) is 0.615. The van der Waals surface area contributed by atoms with Crippen molar-refractivity contribution in [2.24, 2.45) is 5.92 Å². The molecule has 1 atom stereocenters. The summed E-state index contributed by atoms with van der Waals surface area (Å²) in [6.07, 6.45) is 15.3. The second-order valence-electron chi connectivity index (χ2n) is 4.20. The van der Waals surface area contributed by atoms with Gasteiger partial charge in [-0.2, -0.15) is 0 Å². The third-order valence-corrected chi connectivity index (χ3v) is 2.64. The maximum Gasteiger partial charge on any atom is 0.00277 e. The average molecular weight is 233 g/mol. The maximum absolute atomic E-state index is 3.05. The Morgan fingerprint density at radius 2 is 1.88 bits per heavy atom. The van der Waals surface area contributed by atoms with Crippen LogP contribution in [0.4, 0.5) is 0 Å². The molecule has 0 aromatic heterocycles. The lowest BCUT2D eigenvalue weighted by molar-refractivity contribution is 0.695. The predicted octanol–water partition coefficient (Wildman–Crippen LogP) is 4.60. The number of nitrogens with one attached hydrogen (secondary N) is 1. The third kappa shape index (κ3) is 6.83. The van der Waals surface area contributed by atoms with Gasteiger partial charge in [-0.15, -0.1) is 0 Å². The van der Waals surface area contributed by atoms with Gasteiger partial charge in [-0.3, -0.25) is 0 Å². The van der Waals surface area contributed by atoms with Crippen LogP contribution in [0.25, 0.3) is 0 Å². The molecule has 1 N–H and O–H groups in total. The number of hydrogen-bond acceptors (Lipinski definition) is 1. The molecule has 1 nitrogen and oxygen atoms in total. The largest absolute Gasteiger partial charge is 0.394 e. The maximum atomic E-state index is 3.05. The van der Waals surface area contributed by atoms with Crippen LogP contribution in [0.5, 0.6) is 0 Å². The van der Waals surface area contributed by atoms with Gasteiger partial charge in [-0.1, -0.05) is 51.5 Å². The van der Waals surface area contributed by atoms with E-state index in [1.165, 1.54) is 17.6 Å². The first-order valence-electron chi connectivity index (χ1n) is 6.58. The lowest BCUT2D eigenvalue weighted by Crippen LogP contribution is -1.95. The monoisotopic (exact) mass is 233 g/mol. The Morgan fingerprint density at radius 3 is 2.35 bits per heavy atom. The second kappa shape index (κ2) is 9.95. The van der Waals surface area contributed by atoms with Gasteiger partial charge in [-0.25, -0.2) is 0 Å². The molecular weight excluding hydrogens is 206 g/mol. The van der Waals surface area contributed by atoms with E-state index in [0.29, 0.717) is 5.92 Å². The van der Waals surface area contributed by atoms with Gasteiger partial charge in [0, 0.05) is 7.05 Å². The predicted molar refractivity (Wildman–Crippen MR) is 78.9 cm³/mol. The fourth-order valence-electron chi connectivity index (χ4n) is 1.53. The number of rotatable bonds is 7. The second-order valence-corrected chi connectivity index (χ2v) is 4.20. The van der Waals surface area contributed by atoms with Crippen LogP contribution in [-0.2, 0) is 0 Å². The number of allylic oxidation sites excluding steroid dienone is 7. The Hall–Kier alpha value is -1.24. The molecule has 0 amide bonds. The van der Waals surface area contributed by atoms with Crippen molar-refractivity contribution in [2.45, 2.75) is 40.5 Å². The standard InChI is InChI=1S/C16H27N/c1-6-9-15(11-12-17-5)16(10-7-2)13-14(4)8-3/h7,9-14,17H,6,8H2,1-5H3/b10-7-,12-11-,15-9+,16-13+. The SMILES string of the molecule is C\C=C/C(=C\C(C)CC)C(/C=C\NC)=C/CC. The van der Waals surface area contributed by atoms with Crippen LogP contribution in [0, 0.1) is 5.92 Å². The highest BCUT2D eigenvalue weighted by Crippen LogP contribution is 2.18. The molecule has 17 heavy (non-hydrogen) atoms. The molecule has 0 aromatic carbocycles. The molecule has 0 aromatic rings. The van der Waals surface area contributed by atoms with Crippen molar-refractivity contribution < 1.29 is 0 Å². The Labute approximate surface area is 107 Å². The first kappa shape index (κ1) is 15.8. The van der Waals surface area contributed by atoms with Crippen LogP contribution < -0.4 is 5.32 Å². The molecule has 0 aliphatic heterocycles. The minimum absolute atomic E-state index is 0.615. The highest BCUT2D eigenvalue weighted by Gasteiger charge is 2.01. The highest BCUT2D eigenvalue weighted by atomic mass is 14.8. The summed E-state index contributed by atoms with van der Waals surface area (Å²) in [5.41, 5.74) is 2.61. The average Bonchev–Trinajstić information content (AvgIpc) is 2.33. The summed E-state index contributed by atoms with van der Waals surface area (Å²) in [6, 6.07) is 0. The molecule has 0 spiro atoms. The Balaban J connectivity index is 5.17. The Kier molecular flexibility index (Phi) is 9.22. The van der Waals surface area contributed by atoms with Crippen LogP contribution in [-0.4, -0.2) is 7.05 Å². The van der Waals surface area contributed by atoms with E-state index >= 15 is 0 Å². The molecule has 0 aliphatic rings. The first-order valence-corrected chi connectivity index (χ1v) is 6.58. The lowest BCUT2D eigenvalue weighted by atomic mass is 9.98. The van der Waals surface area contributed by atoms with Gasteiger partial charge in [0.1, 0.15) is 0 Å². The van der Waals surface area contributed by atoms with Crippen molar-refractivity contribution in [3.63, 3.8) is 0 Å². The van der Waals surface area contributed by atoms with Crippen molar-refractivity contribution in [3.05, 3.63) is 47.7 Å². The fraction of sp³-hybridized carbons (Fsp3) is 0.500. The van der Waals surface area contributed by atoms with Crippen LogP contribution in [0.2, 0.25) is 0 Å². The summed E-state index contributed by atoms with van der Waals surface area (Å²) in [6.45, 7) is 8.72. The molecule has 0 fully saturated rings. The molecule has 0 radical (unpaired) electrons. The van der Waals surface area contributed by atoms with E-state index in [4.69, 9.17) is 0 Å². The molecule has 0 rings (SSSR count). The van der Waals surface area contributed by atoms with Gasteiger partial charge in [0.15, 0.2) is 0 Å². The van der Waals surface area contributed by atoms with Crippen LogP contribution in [0.1, 0.15) is 40.5 Å². The smallest absolute Gasteiger partial charge is 0.00277 e. The van der Waals surface area contributed by atoms with Crippen molar-refractivity contribution in [2.75, 3.05) is 7.05 Å². The lowest BCUT2D eigenvalue weighted by Gasteiger charge is -2.08. The third-order valence-electron chi connectivity index (χ3n) is 2.64. The van der Waals surface area contributed by atoms with Crippen molar-refractivity contribution in [3.8, 4) is 0 Å². The van der Waals surface area contributed by atoms with E-state index in [1.807, 2.05) is 13.2 Å². The summed E-state index contributed by atoms with van der Waals surface area (Å²) >= 11 is 0. The van der Waals surface area contributed by atoms with Crippen molar-refractivity contribution in [1.29, 1.82) is 0 Å². The summed E-state index contributed by atoms with van der Waals surface area (Å²) in [4.78, 5) is 0. The van der Waals surface area contributed by atoms with E-state index < -0.39 is 0 Å². The van der Waals surface area contributed by atoms with E-state index in [9.17, 15) is 0 Å². The minimum atomic E-state index is 0.615. The zero-order chi connectivity index (χ0) is 13.1. The molecule has 0 bridgehead atoms. The molecule has 0 heterocycles. The van der Waals surface area contributed by atoms with Crippen LogP contribution in [0.3, 0.4) is 0 Å². The van der Waals surface area contributed by atoms with Gasteiger partial charge < -0.3 is 5.32 Å². The van der Waals surface area contributed by atoms with Gasteiger partial charge in [-0.05, 0) is 42.7 Å². The van der Waals surface area contributed by atoms with Crippen molar-refractivity contribution >= 4 is 0 Å². The van der Waals surface area contributed by atoms with Gasteiger partial charge >= 0.3 is 0 Å². The molecule has 96 valence electrons. The minimum Gasteiger partial charge on any atom is -0.394 e. The summed E-state index contributed by atoms with van der Waals surface area (Å²) < 4.78 is 0. The van der Waals surface area contributed by atoms with Crippen molar-refractivity contribution in [1.82, 2.24) is 5.32 Å². The zero-order valence-electron chi connectivity index (χ0n) is 12.0. The van der Waals surface area contributed by atoms with Crippen LogP contribution in [0.15, 0.2) is 47.7 Å². The highest BCUT2D eigenvalue weighted by molar-refractivity contribution is 5.46. The molecule has 0 saturated heterocycles. The summed E-state index contributed by atoms with van der Waals surface area (Å²) in [7, 11) is 1.92. The Bertz CT molecular complexity index is 305.